The Morgan fingerprint density at radius 3 is 2.50 bits per heavy atom. The summed E-state index contributed by atoms with van der Waals surface area (Å²) in [5, 5.41) is 9.28. The van der Waals surface area contributed by atoms with Crippen LogP contribution in [0.3, 0.4) is 0 Å². The van der Waals surface area contributed by atoms with Crippen molar-refractivity contribution in [3.63, 3.8) is 0 Å². The maximum atomic E-state index is 13.5. The molecule has 0 unspecified atom stereocenters. The first-order chi connectivity index (χ1) is 18.5. The predicted molar refractivity (Wildman–Crippen MR) is 145 cm³/mol. The zero-order valence-corrected chi connectivity index (χ0v) is 21.7. The summed E-state index contributed by atoms with van der Waals surface area (Å²) in [7, 11) is 0. The third-order valence-electron chi connectivity index (χ3n) is 5.97. The van der Waals surface area contributed by atoms with Gasteiger partial charge in [-0.15, -0.1) is 0 Å². The summed E-state index contributed by atoms with van der Waals surface area (Å²) in [4.78, 5) is 30.2. The zero-order valence-electron chi connectivity index (χ0n) is 20.9. The minimum absolute atomic E-state index is 0.140. The van der Waals surface area contributed by atoms with Crippen LogP contribution in [0.2, 0.25) is 5.02 Å². The van der Waals surface area contributed by atoms with E-state index in [1.54, 1.807) is 13.8 Å². The van der Waals surface area contributed by atoms with Gasteiger partial charge in [0.05, 0.1) is 6.61 Å². The molecule has 0 atom stereocenters. The summed E-state index contributed by atoms with van der Waals surface area (Å²) in [6.07, 6.45) is 0. The standard InChI is InChI=1S/C29H25ClN4O4/c1-3-37-24(35)16-31-29(36)26-27(38-17-19-8-5-4-6-9-19)23-11-7-10-22(20-12-14-21(30)15-13-20)25(23)28-32-18(2)33-34(26)28/h4-15H,3,16-17H2,1-2H3,(H,31,36). The van der Waals surface area contributed by atoms with Crippen LogP contribution in [-0.2, 0) is 16.1 Å². The highest BCUT2D eigenvalue weighted by atomic mass is 35.5. The zero-order chi connectivity index (χ0) is 26.6. The van der Waals surface area contributed by atoms with Gasteiger partial charge in [-0.25, -0.2) is 9.50 Å². The number of hydrogen-bond acceptors (Lipinski definition) is 6. The molecule has 5 aromatic rings. The van der Waals surface area contributed by atoms with Crippen LogP contribution in [0.25, 0.3) is 27.5 Å². The average Bonchev–Trinajstić information content (AvgIpc) is 3.32. The van der Waals surface area contributed by atoms with Gasteiger partial charge >= 0.3 is 5.97 Å². The number of pyridine rings is 1. The summed E-state index contributed by atoms with van der Waals surface area (Å²) in [6.45, 7) is 3.62. The van der Waals surface area contributed by atoms with E-state index in [1.807, 2.05) is 72.8 Å². The van der Waals surface area contributed by atoms with E-state index in [9.17, 15) is 9.59 Å². The molecule has 5 rings (SSSR count). The topological polar surface area (TPSA) is 94.8 Å². The number of aromatic nitrogens is 3. The minimum Gasteiger partial charge on any atom is -0.486 e. The number of nitrogens with one attached hydrogen (secondary N) is 1. The molecule has 0 saturated carbocycles. The fourth-order valence-electron chi connectivity index (χ4n) is 4.33. The van der Waals surface area contributed by atoms with Crippen molar-refractivity contribution in [2.45, 2.75) is 20.5 Å². The van der Waals surface area contributed by atoms with Crippen LogP contribution in [0.1, 0.15) is 28.8 Å². The summed E-state index contributed by atoms with van der Waals surface area (Å²) >= 11 is 6.14. The number of ether oxygens (including phenoxy) is 2. The van der Waals surface area contributed by atoms with E-state index in [0.717, 1.165) is 22.1 Å². The van der Waals surface area contributed by atoms with Crippen LogP contribution in [0.15, 0.2) is 72.8 Å². The molecule has 0 aliphatic rings. The van der Waals surface area contributed by atoms with Crippen LogP contribution >= 0.6 is 11.6 Å². The van der Waals surface area contributed by atoms with Gasteiger partial charge in [-0.05, 0) is 42.7 Å². The molecule has 0 fully saturated rings. The highest BCUT2D eigenvalue weighted by Crippen LogP contribution is 2.39. The van der Waals surface area contributed by atoms with Crippen molar-refractivity contribution in [3.05, 3.63) is 94.9 Å². The molecule has 3 aromatic carbocycles. The fourth-order valence-corrected chi connectivity index (χ4v) is 4.46. The molecule has 0 spiro atoms. The number of carbonyl (C=O) groups is 2. The Balaban J connectivity index is 1.73. The van der Waals surface area contributed by atoms with E-state index in [1.165, 1.54) is 4.52 Å². The Kier molecular flexibility index (Phi) is 7.24. The lowest BCUT2D eigenvalue weighted by Crippen LogP contribution is -2.32. The summed E-state index contributed by atoms with van der Waals surface area (Å²) in [6, 6.07) is 23.0. The number of aryl methyl sites for hydroxylation is 1. The van der Waals surface area contributed by atoms with Gasteiger partial charge in [0, 0.05) is 15.8 Å². The number of rotatable bonds is 8. The molecule has 0 aliphatic carbocycles. The van der Waals surface area contributed by atoms with Crippen molar-refractivity contribution < 1.29 is 19.1 Å². The average molecular weight is 529 g/mol. The summed E-state index contributed by atoms with van der Waals surface area (Å²) in [5.41, 5.74) is 3.39. The van der Waals surface area contributed by atoms with Gasteiger partial charge in [-0.2, -0.15) is 5.10 Å². The van der Waals surface area contributed by atoms with Gasteiger partial charge in [-0.1, -0.05) is 72.3 Å². The Labute approximate surface area is 224 Å². The number of fused-ring (bicyclic) bond motifs is 3. The van der Waals surface area contributed by atoms with Crippen molar-refractivity contribution in [1.29, 1.82) is 0 Å². The number of benzene rings is 3. The molecule has 2 aromatic heterocycles. The van der Waals surface area contributed by atoms with E-state index in [0.29, 0.717) is 27.6 Å². The predicted octanol–water partition coefficient (Wildman–Crippen LogP) is 5.38. The van der Waals surface area contributed by atoms with Crippen LogP contribution in [0.5, 0.6) is 5.75 Å². The molecule has 192 valence electrons. The maximum Gasteiger partial charge on any atom is 0.325 e. The number of halogens is 1. The van der Waals surface area contributed by atoms with Crippen LogP contribution in [0, 0.1) is 6.92 Å². The number of hydrogen-bond donors (Lipinski definition) is 1. The minimum atomic E-state index is -0.538. The van der Waals surface area contributed by atoms with Gasteiger partial charge in [0.25, 0.3) is 5.91 Å². The van der Waals surface area contributed by atoms with Crippen LogP contribution in [0.4, 0.5) is 0 Å². The normalized spacial score (nSPS) is 11.0. The lowest BCUT2D eigenvalue weighted by molar-refractivity contribution is -0.141. The smallest absolute Gasteiger partial charge is 0.325 e. The van der Waals surface area contributed by atoms with E-state index in [2.05, 4.69) is 15.4 Å². The third kappa shape index (κ3) is 5.03. The van der Waals surface area contributed by atoms with E-state index < -0.39 is 11.9 Å². The van der Waals surface area contributed by atoms with Gasteiger partial charge < -0.3 is 14.8 Å². The summed E-state index contributed by atoms with van der Waals surface area (Å²) in [5.74, 6) is -0.255. The molecule has 9 heteroatoms. The molecular weight excluding hydrogens is 504 g/mol. The SMILES string of the molecule is CCOC(=O)CNC(=O)c1c(OCc2ccccc2)c2cccc(-c3ccc(Cl)cc3)c2c2nc(C)nn12. The van der Waals surface area contributed by atoms with Gasteiger partial charge in [0.1, 0.15) is 19.0 Å². The molecule has 1 amide bonds. The largest absolute Gasteiger partial charge is 0.486 e. The molecule has 8 nitrogen and oxygen atoms in total. The fraction of sp³-hybridized carbons (Fsp3) is 0.172. The monoisotopic (exact) mass is 528 g/mol. The summed E-state index contributed by atoms with van der Waals surface area (Å²) < 4.78 is 12.8. The van der Waals surface area contributed by atoms with Crippen molar-refractivity contribution in [1.82, 2.24) is 19.9 Å². The highest BCUT2D eigenvalue weighted by molar-refractivity contribution is 6.30. The Bertz CT molecular complexity index is 1630. The lowest BCUT2D eigenvalue weighted by Gasteiger charge is -2.18. The van der Waals surface area contributed by atoms with Crippen molar-refractivity contribution in [2.24, 2.45) is 0 Å². The second-order valence-electron chi connectivity index (χ2n) is 8.57. The van der Waals surface area contributed by atoms with Crippen LogP contribution in [-0.4, -0.2) is 39.6 Å². The quantitative estimate of drug-likeness (QED) is 0.272. The lowest BCUT2D eigenvalue weighted by atomic mass is 9.98. The van der Waals surface area contributed by atoms with Crippen molar-refractivity contribution in [3.8, 4) is 16.9 Å². The molecular formula is C29H25ClN4O4. The van der Waals surface area contributed by atoms with Gasteiger partial charge in [-0.3, -0.25) is 9.59 Å². The van der Waals surface area contributed by atoms with Gasteiger partial charge in [0.15, 0.2) is 17.1 Å². The number of amides is 1. The number of carbonyl (C=O) groups excluding carboxylic acids is 2. The van der Waals surface area contributed by atoms with E-state index in [-0.39, 0.29) is 25.5 Å². The molecule has 2 heterocycles. The second kappa shape index (κ2) is 10.9. The molecule has 0 radical (unpaired) electrons. The van der Waals surface area contributed by atoms with E-state index >= 15 is 0 Å². The first-order valence-corrected chi connectivity index (χ1v) is 12.5. The third-order valence-corrected chi connectivity index (χ3v) is 6.22. The Morgan fingerprint density at radius 2 is 1.76 bits per heavy atom. The van der Waals surface area contributed by atoms with E-state index in [4.69, 9.17) is 21.1 Å². The first-order valence-electron chi connectivity index (χ1n) is 12.1. The Hall–Kier alpha value is -4.43. The molecule has 1 N–H and O–H groups in total. The van der Waals surface area contributed by atoms with Gasteiger partial charge in [0.2, 0.25) is 0 Å². The molecule has 0 aliphatic heterocycles. The maximum absolute atomic E-state index is 13.5. The van der Waals surface area contributed by atoms with Crippen molar-refractivity contribution in [2.75, 3.05) is 13.2 Å². The first kappa shape index (κ1) is 25.2. The molecule has 0 bridgehead atoms. The molecule has 38 heavy (non-hydrogen) atoms. The number of esters is 1. The molecule has 0 saturated heterocycles. The second-order valence-corrected chi connectivity index (χ2v) is 9.01. The number of nitrogens with zero attached hydrogens (tertiary/aromatic N) is 3. The Morgan fingerprint density at radius 1 is 1.00 bits per heavy atom. The van der Waals surface area contributed by atoms with Crippen LogP contribution < -0.4 is 10.1 Å². The highest BCUT2D eigenvalue weighted by Gasteiger charge is 2.26. The van der Waals surface area contributed by atoms with Crippen molar-refractivity contribution >= 4 is 39.9 Å².